The van der Waals surface area contributed by atoms with Gasteiger partial charge in [0, 0.05) is 44.9 Å². The van der Waals surface area contributed by atoms with Crippen LogP contribution in [-0.2, 0) is 24.8 Å². The highest BCUT2D eigenvalue weighted by atomic mass is 35.5. The molecule has 3 aromatic rings. The summed E-state index contributed by atoms with van der Waals surface area (Å²) in [5.41, 5.74) is 2.35. The molecule has 0 saturated carbocycles. The fourth-order valence-electron chi connectivity index (χ4n) is 3.65. The van der Waals surface area contributed by atoms with Crippen LogP contribution < -0.4 is 10.6 Å². The predicted octanol–water partition coefficient (Wildman–Crippen LogP) is 2.22. The lowest BCUT2D eigenvalue weighted by Gasteiger charge is -2.17. The SMILES string of the molecule is Cl.Cn1cc([C@H]2CNC[C@@H]2C(=O)Nc2ccnn2CCc2ccccc2)cn1. The van der Waals surface area contributed by atoms with Crippen LogP contribution in [-0.4, -0.2) is 38.6 Å². The van der Waals surface area contributed by atoms with Crippen LogP contribution in [0.15, 0.2) is 55.0 Å². The third-order valence-corrected chi connectivity index (χ3v) is 5.13. The molecule has 0 spiro atoms. The molecule has 8 heteroatoms. The number of nitrogens with one attached hydrogen (secondary N) is 2. The second-order valence-electron chi connectivity index (χ2n) is 6.98. The smallest absolute Gasteiger partial charge is 0.230 e. The van der Waals surface area contributed by atoms with Crippen LogP contribution in [0.1, 0.15) is 17.0 Å². The number of carbonyl (C=O) groups excluding carboxylic acids is 1. The van der Waals surface area contributed by atoms with Gasteiger partial charge in [-0.25, -0.2) is 4.68 Å². The standard InChI is InChI=1S/C20H24N6O.ClH/c1-25-14-16(11-23-25)17-12-21-13-18(17)20(27)24-19-7-9-22-26(19)10-8-15-5-3-2-4-6-15;/h2-7,9,11,14,17-18,21H,8,10,12-13H2,1H3,(H,24,27);1H/t17-,18+;/m1./s1. The van der Waals surface area contributed by atoms with Crippen LogP contribution >= 0.6 is 12.4 Å². The molecule has 148 valence electrons. The van der Waals surface area contributed by atoms with Gasteiger partial charge in [0.15, 0.2) is 0 Å². The third-order valence-electron chi connectivity index (χ3n) is 5.13. The molecule has 1 aromatic carbocycles. The Balaban J connectivity index is 0.00000225. The van der Waals surface area contributed by atoms with Gasteiger partial charge in [-0.1, -0.05) is 30.3 Å². The lowest BCUT2D eigenvalue weighted by molar-refractivity contribution is -0.119. The molecule has 0 aliphatic carbocycles. The van der Waals surface area contributed by atoms with E-state index >= 15 is 0 Å². The van der Waals surface area contributed by atoms with Gasteiger partial charge < -0.3 is 10.6 Å². The molecule has 1 amide bonds. The molecule has 2 aromatic heterocycles. The highest BCUT2D eigenvalue weighted by Crippen LogP contribution is 2.28. The molecule has 0 bridgehead atoms. The molecule has 7 nitrogen and oxygen atoms in total. The summed E-state index contributed by atoms with van der Waals surface area (Å²) in [6.07, 6.45) is 6.44. The Kier molecular flexibility index (Phi) is 6.49. The first-order chi connectivity index (χ1) is 13.2. The van der Waals surface area contributed by atoms with Crippen molar-refractivity contribution in [2.45, 2.75) is 18.9 Å². The van der Waals surface area contributed by atoms with Crippen LogP contribution in [0.2, 0.25) is 0 Å². The van der Waals surface area contributed by atoms with E-state index in [4.69, 9.17) is 0 Å². The van der Waals surface area contributed by atoms with Crippen LogP contribution in [0.5, 0.6) is 0 Å². The summed E-state index contributed by atoms with van der Waals surface area (Å²) in [7, 11) is 1.90. The summed E-state index contributed by atoms with van der Waals surface area (Å²) < 4.78 is 3.63. The Morgan fingerprint density at radius 2 is 2.04 bits per heavy atom. The van der Waals surface area contributed by atoms with Crippen molar-refractivity contribution in [1.82, 2.24) is 24.9 Å². The lowest BCUT2D eigenvalue weighted by atomic mass is 9.90. The third kappa shape index (κ3) is 4.43. The number of amides is 1. The highest BCUT2D eigenvalue weighted by molar-refractivity contribution is 5.92. The molecule has 2 N–H and O–H groups in total. The zero-order valence-corrected chi connectivity index (χ0v) is 16.6. The fraction of sp³-hybridized carbons (Fsp3) is 0.350. The summed E-state index contributed by atoms with van der Waals surface area (Å²) in [5.74, 6) is 0.786. The van der Waals surface area contributed by atoms with E-state index in [1.54, 1.807) is 10.9 Å². The van der Waals surface area contributed by atoms with E-state index in [9.17, 15) is 4.79 Å². The molecule has 2 atom stereocenters. The molecule has 0 radical (unpaired) electrons. The van der Waals surface area contributed by atoms with E-state index in [-0.39, 0.29) is 30.2 Å². The first-order valence-electron chi connectivity index (χ1n) is 9.26. The summed E-state index contributed by atoms with van der Waals surface area (Å²) >= 11 is 0. The normalized spacial score (nSPS) is 18.6. The second kappa shape index (κ2) is 9.03. The number of carbonyl (C=O) groups is 1. The van der Waals surface area contributed by atoms with E-state index in [2.05, 4.69) is 33.0 Å². The van der Waals surface area contributed by atoms with Crippen LogP contribution in [0.4, 0.5) is 5.82 Å². The monoisotopic (exact) mass is 400 g/mol. The molecule has 1 aliphatic rings. The molecule has 1 fully saturated rings. The first kappa shape index (κ1) is 20.1. The number of hydrogen-bond acceptors (Lipinski definition) is 4. The van der Waals surface area contributed by atoms with Crippen molar-refractivity contribution in [3.05, 3.63) is 66.1 Å². The zero-order chi connectivity index (χ0) is 18.6. The van der Waals surface area contributed by atoms with Gasteiger partial charge in [0.2, 0.25) is 5.91 Å². The number of anilines is 1. The second-order valence-corrected chi connectivity index (χ2v) is 6.98. The summed E-state index contributed by atoms with van der Waals surface area (Å²) in [6.45, 7) is 2.18. The number of nitrogens with zero attached hydrogens (tertiary/aromatic N) is 4. The molecule has 1 aliphatic heterocycles. The minimum absolute atomic E-state index is 0. The number of aryl methyl sites for hydroxylation is 3. The first-order valence-corrected chi connectivity index (χ1v) is 9.26. The van der Waals surface area contributed by atoms with E-state index < -0.39 is 0 Å². The van der Waals surface area contributed by atoms with Crippen LogP contribution in [0.25, 0.3) is 0 Å². The van der Waals surface area contributed by atoms with Gasteiger partial charge in [-0.05, 0) is 17.5 Å². The fourth-order valence-corrected chi connectivity index (χ4v) is 3.65. The van der Waals surface area contributed by atoms with Crippen molar-refractivity contribution < 1.29 is 4.79 Å². The Morgan fingerprint density at radius 3 is 2.79 bits per heavy atom. The maximum absolute atomic E-state index is 12.9. The Morgan fingerprint density at radius 1 is 1.21 bits per heavy atom. The number of rotatable bonds is 6. The maximum atomic E-state index is 12.9. The van der Waals surface area contributed by atoms with E-state index in [0.29, 0.717) is 6.54 Å². The number of aromatic nitrogens is 4. The number of hydrogen-bond donors (Lipinski definition) is 2. The van der Waals surface area contributed by atoms with Gasteiger partial charge in [0.25, 0.3) is 0 Å². The van der Waals surface area contributed by atoms with E-state index in [1.807, 2.05) is 48.4 Å². The topological polar surface area (TPSA) is 76.8 Å². The van der Waals surface area contributed by atoms with Crippen molar-refractivity contribution in [1.29, 1.82) is 0 Å². The van der Waals surface area contributed by atoms with Gasteiger partial charge in [-0.15, -0.1) is 12.4 Å². The quantitative estimate of drug-likeness (QED) is 0.665. The summed E-state index contributed by atoms with van der Waals surface area (Å²) in [6, 6.07) is 12.1. The van der Waals surface area contributed by atoms with Gasteiger partial charge in [-0.3, -0.25) is 9.48 Å². The number of benzene rings is 1. The minimum Gasteiger partial charge on any atom is -0.315 e. The van der Waals surface area contributed by atoms with Gasteiger partial charge in [-0.2, -0.15) is 10.2 Å². The van der Waals surface area contributed by atoms with E-state index in [1.165, 1.54) is 5.56 Å². The van der Waals surface area contributed by atoms with Gasteiger partial charge in [0.1, 0.15) is 5.82 Å². The molecule has 4 rings (SSSR count). The number of halogens is 1. The largest absolute Gasteiger partial charge is 0.315 e. The molecule has 0 unspecified atom stereocenters. The zero-order valence-electron chi connectivity index (χ0n) is 15.8. The molecule has 1 saturated heterocycles. The summed E-state index contributed by atoms with van der Waals surface area (Å²) in [5, 5.41) is 15.0. The van der Waals surface area contributed by atoms with Crippen molar-refractivity contribution in [3.8, 4) is 0 Å². The lowest BCUT2D eigenvalue weighted by Crippen LogP contribution is -2.29. The van der Waals surface area contributed by atoms with Gasteiger partial charge in [0.05, 0.1) is 18.3 Å². The van der Waals surface area contributed by atoms with Crippen LogP contribution in [0, 0.1) is 5.92 Å². The summed E-state index contributed by atoms with van der Waals surface area (Å²) in [4.78, 5) is 12.9. The van der Waals surface area contributed by atoms with E-state index in [0.717, 1.165) is 30.9 Å². The van der Waals surface area contributed by atoms with Crippen molar-refractivity contribution in [2.75, 3.05) is 18.4 Å². The average molecular weight is 401 g/mol. The predicted molar refractivity (Wildman–Crippen MR) is 111 cm³/mol. The Labute approximate surface area is 170 Å². The van der Waals surface area contributed by atoms with Crippen molar-refractivity contribution in [2.24, 2.45) is 13.0 Å². The van der Waals surface area contributed by atoms with Crippen molar-refractivity contribution in [3.63, 3.8) is 0 Å². The Bertz CT molecular complexity index is 906. The molecular formula is C20H25ClN6O. The minimum atomic E-state index is -0.119. The van der Waals surface area contributed by atoms with Crippen LogP contribution in [0.3, 0.4) is 0 Å². The average Bonchev–Trinajstić information content (AvgIpc) is 3.41. The van der Waals surface area contributed by atoms with Gasteiger partial charge >= 0.3 is 0 Å². The molecule has 3 heterocycles. The maximum Gasteiger partial charge on any atom is 0.230 e. The Hall–Kier alpha value is -2.64. The molecule has 28 heavy (non-hydrogen) atoms. The van der Waals surface area contributed by atoms with Crippen molar-refractivity contribution >= 4 is 24.1 Å². The molecular weight excluding hydrogens is 376 g/mol. The highest BCUT2D eigenvalue weighted by Gasteiger charge is 2.35.